The van der Waals surface area contributed by atoms with Crippen molar-refractivity contribution in [1.82, 2.24) is 0 Å². The van der Waals surface area contributed by atoms with Crippen LogP contribution >= 0.6 is 0 Å². The topological polar surface area (TPSA) is 152 Å². The molecule has 1 rings (SSSR count). The van der Waals surface area contributed by atoms with Crippen LogP contribution in [-0.2, 0) is 28.5 Å². The monoisotopic (exact) mass is 678 g/mol. The smallest absolute Gasteiger partial charge is 0.306 e. The van der Waals surface area contributed by atoms with Gasteiger partial charge in [0.25, 0.3) is 0 Å². The fourth-order valence-electron chi connectivity index (χ4n) is 4.81. The van der Waals surface area contributed by atoms with E-state index in [4.69, 9.17) is 18.9 Å². The summed E-state index contributed by atoms with van der Waals surface area (Å²) >= 11 is 0. The lowest BCUT2D eigenvalue weighted by Crippen LogP contribution is -2.59. The van der Waals surface area contributed by atoms with Gasteiger partial charge in [0.05, 0.1) is 13.2 Å². The molecule has 0 aromatic carbocycles. The van der Waals surface area contributed by atoms with Crippen molar-refractivity contribution >= 4 is 11.9 Å². The third-order valence-corrected chi connectivity index (χ3v) is 7.67. The first-order valence-corrected chi connectivity index (χ1v) is 17.9. The van der Waals surface area contributed by atoms with Crippen molar-refractivity contribution in [2.24, 2.45) is 0 Å². The Labute approximate surface area is 288 Å². The molecule has 10 nitrogen and oxygen atoms in total. The molecule has 1 fully saturated rings. The molecule has 4 N–H and O–H groups in total. The van der Waals surface area contributed by atoms with Gasteiger partial charge in [-0.3, -0.25) is 9.59 Å². The van der Waals surface area contributed by atoms with Crippen molar-refractivity contribution in [3.8, 4) is 0 Å². The first-order chi connectivity index (χ1) is 23.3. The highest BCUT2D eigenvalue weighted by atomic mass is 16.7. The van der Waals surface area contributed by atoms with Gasteiger partial charge in [0, 0.05) is 12.8 Å². The molecule has 1 aliphatic heterocycles. The Balaban J connectivity index is 2.45. The number of unbranched alkanes of at least 4 members (excludes halogenated alkanes) is 6. The Hall–Kier alpha value is -2.60. The molecule has 274 valence electrons. The summed E-state index contributed by atoms with van der Waals surface area (Å²) in [5.41, 5.74) is 0. The van der Waals surface area contributed by atoms with Crippen molar-refractivity contribution in [3.63, 3.8) is 0 Å². The highest BCUT2D eigenvalue weighted by Crippen LogP contribution is 2.22. The zero-order valence-electron chi connectivity index (χ0n) is 29.2. The number of hydrogen-bond donors (Lipinski definition) is 4. The number of allylic oxidation sites excluding steroid dienone is 10. The molecule has 0 aromatic heterocycles. The maximum absolute atomic E-state index is 12.6. The van der Waals surface area contributed by atoms with E-state index in [9.17, 15) is 30.0 Å². The highest BCUT2D eigenvalue weighted by molar-refractivity contribution is 5.70. The van der Waals surface area contributed by atoms with E-state index in [2.05, 4.69) is 68.5 Å². The van der Waals surface area contributed by atoms with Gasteiger partial charge in [-0.15, -0.1) is 0 Å². The normalized spacial score (nSPS) is 22.5. The zero-order chi connectivity index (χ0) is 35.2. The van der Waals surface area contributed by atoms with E-state index in [1.807, 2.05) is 6.08 Å². The molecule has 0 spiro atoms. The molecule has 1 aliphatic rings. The first-order valence-electron chi connectivity index (χ1n) is 17.9. The molecule has 0 aliphatic carbocycles. The lowest BCUT2D eigenvalue weighted by Gasteiger charge is -2.39. The lowest BCUT2D eigenvalue weighted by molar-refractivity contribution is -0.305. The maximum Gasteiger partial charge on any atom is 0.306 e. The number of hydrogen-bond acceptors (Lipinski definition) is 10. The summed E-state index contributed by atoms with van der Waals surface area (Å²) in [6.45, 7) is 3.13. The van der Waals surface area contributed by atoms with Gasteiger partial charge in [0.15, 0.2) is 12.4 Å². The number of aliphatic hydroxyl groups excluding tert-OH is 4. The molecule has 6 atom stereocenters. The molecule has 1 heterocycles. The van der Waals surface area contributed by atoms with E-state index in [-0.39, 0.29) is 26.1 Å². The summed E-state index contributed by atoms with van der Waals surface area (Å²) in [5, 5.41) is 39.7. The van der Waals surface area contributed by atoms with Gasteiger partial charge in [0.2, 0.25) is 0 Å². The fraction of sp³-hybridized carbons (Fsp3) is 0.684. The van der Waals surface area contributed by atoms with Crippen molar-refractivity contribution in [2.45, 2.75) is 147 Å². The standard InChI is InChI=1S/C38H62O10/c1-3-5-7-9-11-12-13-14-15-16-17-18-19-20-21-23-25-27-34(41)47-31(29-45-33(40)26-24-22-10-8-6-4-2)30-46-38-37(44)36(43)35(42)32(28-39)48-38/h5,7,11-12,14-15,17-18,20-21,31-32,35-39,42-44H,3-4,6,8-10,13,16,19,22-30H2,1-2H3/b7-5-,12-11-,15-14-,18-17-,21-20-. The number of carbonyl (C=O) groups is 2. The fourth-order valence-corrected chi connectivity index (χ4v) is 4.81. The molecular formula is C38H62O10. The van der Waals surface area contributed by atoms with Crippen LogP contribution in [-0.4, -0.2) is 89.0 Å². The summed E-state index contributed by atoms with van der Waals surface area (Å²) in [6, 6.07) is 0. The Bertz CT molecular complexity index is 971. The van der Waals surface area contributed by atoms with E-state index in [0.29, 0.717) is 19.3 Å². The minimum absolute atomic E-state index is 0.149. The lowest BCUT2D eigenvalue weighted by atomic mass is 9.99. The molecule has 1 saturated heterocycles. The summed E-state index contributed by atoms with van der Waals surface area (Å²) in [4.78, 5) is 24.9. The van der Waals surface area contributed by atoms with Gasteiger partial charge in [-0.2, -0.15) is 0 Å². The van der Waals surface area contributed by atoms with Gasteiger partial charge in [-0.1, -0.05) is 107 Å². The van der Waals surface area contributed by atoms with E-state index in [0.717, 1.165) is 57.8 Å². The minimum Gasteiger partial charge on any atom is -0.462 e. The van der Waals surface area contributed by atoms with Crippen LogP contribution in [0.5, 0.6) is 0 Å². The van der Waals surface area contributed by atoms with Crippen LogP contribution < -0.4 is 0 Å². The average molecular weight is 679 g/mol. The predicted octanol–water partition coefficient (Wildman–Crippen LogP) is 5.93. The Morgan fingerprint density at radius 1 is 0.667 bits per heavy atom. The zero-order valence-corrected chi connectivity index (χ0v) is 29.2. The van der Waals surface area contributed by atoms with Crippen LogP contribution in [0.25, 0.3) is 0 Å². The number of esters is 2. The number of rotatable bonds is 27. The van der Waals surface area contributed by atoms with Gasteiger partial charge in [0.1, 0.15) is 31.0 Å². The van der Waals surface area contributed by atoms with Crippen LogP contribution in [0, 0.1) is 0 Å². The van der Waals surface area contributed by atoms with E-state index in [1.54, 1.807) is 0 Å². The largest absolute Gasteiger partial charge is 0.462 e. The number of carbonyl (C=O) groups excluding carboxylic acids is 2. The van der Waals surface area contributed by atoms with Crippen molar-refractivity contribution in [2.75, 3.05) is 19.8 Å². The minimum atomic E-state index is -1.60. The van der Waals surface area contributed by atoms with Gasteiger partial charge in [-0.25, -0.2) is 0 Å². The van der Waals surface area contributed by atoms with Crippen molar-refractivity contribution in [3.05, 3.63) is 60.8 Å². The highest BCUT2D eigenvalue weighted by Gasteiger charge is 2.44. The SMILES string of the molecule is CC/C=C\C/C=C\C/C=C\C/C=C\C/C=C\CCCC(=O)OC(COC(=O)CCCCCCCC)COC1OC(CO)C(O)C(O)C1O. The Kier molecular flexibility index (Phi) is 26.5. The van der Waals surface area contributed by atoms with Crippen molar-refractivity contribution in [1.29, 1.82) is 0 Å². The van der Waals surface area contributed by atoms with Gasteiger partial charge in [-0.05, 0) is 51.4 Å². The summed E-state index contributed by atoms with van der Waals surface area (Å²) in [5.74, 6) is -0.894. The molecule has 48 heavy (non-hydrogen) atoms. The second-order valence-electron chi connectivity index (χ2n) is 11.9. The molecule has 10 heteroatoms. The molecule has 0 saturated carbocycles. The molecule has 6 unspecified atom stereocenters. The Morgan fingerprint density at radius 3 is 1.83 bits per heavy atom. The third-order valence-electron chi connectivity index (χ3n) is 7.67. The van der Waals surface area contributed by atoms with Crippen LogP contribution in [0.3, 0.4) is 0 Å². The average Bonchev–Trinajstić information content (AvgIpc) is 3.08. The molecule has 0 radical (unpaired) electrons. The molecular weight excluding hydrogens is 616 g/mol. The summed E-state index contributed by atoms with van der Waals surface area (Å²) < 4.78 is 21.8. The second-order valence-corrected chi connectivity index (χ2v) is 11.9. The van der Waals surface area contributed by atoms with E-state index in [1.165, 1.54) is 6.42 Å². The van der Waals surface area contributed by atoms with E-state index >= 15 is 0 Å². The summed E-state index contributed by atoms with van der Waals surface area (Å²) in [7, 11) is 0. The first kappa shape index (κ1) is 43.4. The quantitative estimate of drug-likeness (QED) is 0.0467. The predicted molar refractivity (Wildman–Crippen MR) is 187 cm³/mol. The van der Waals surface area contributed by atoms with Crippen LogP contribution in [0.4, 0.5) is 0 Å². The number of aliphatic hydroxyl groups is 4. The second kappa shape index (κ2) is 29.3. The van der Waals surface area contributed by atoms with Gasteiger partial charge >= 0.3 is 11.9 Å². The van der Waals surface area contributed by atoms with E-state index < -0.39 is 55.4 Å². The van der Waals surface area contributed by atoms with Crippen molar-refractivity contribution < 1.29 is 49.0 Å². The third kappa shape index (κ3) is 21.4. The van der Waals surface area contributed by atoms with Crippen LogP contribution in [0.15, 0.2) is 60.8 Å². The van der Waals surface area contributed by atoms with Crippen LogP contribution in [0.1, 0.15) is 110 Å². The summed E-state index contributed by atoms with van der Waals surface area (Å²) in [6.07, 6.45) is 25.6. The molecule has 0 amide bonds. The molecule has 0 aromatic rings. The van der Waals surface area contributed by atoms with Crippen LogP contribution in [0.2, 0.25) is 0 Å². The molecule has 0 bridgehead atoms. The number of ether oxygens (including phenoxy) is 4. The maximum atomic E-state index is 12.6. The Morgan fingerprint density at radius 2 is 1.23 bits per heavy atom. The van der Waals surface area contributed by atoms with Gasteiger partial charge < -0.3 is 39.4 Å².